The molecule has 0 radical (unpaired) electrons. The number of hydrogen-bond donors (Lipinski definition) is 2. The molecule has 2 fully saturated rings. The fraction of sp³-hybridized carbons (Fsp3) is 0.700. The maximum absolute atomic E-state index is 12.4. The summed E-state index contributed by atoms with van der Waals surface area (Å²) in [6, 6.07) is 0.363. The summed E-state index contributed by atoms with van der Waals surface area (Å²) in [4.78, 5) is 2.46. The Hall–Kier alpha value is -1.12. The summed E-state index contributed by atoms with van der Waals surface area (Å²) in [5.41, 5.74) is 5.61. The van der Waals surface area contributed by atoms with Crippen molar-refractivity contribution in [3.8, 4) is 0 Å². The first-order valence-electron chi connectivity index (χ1n) is 6.12. The van der Waals surface area contributed by atoms with Crippen molar-refractivity contribution < 1.29 is 8.42 Å². The molecule has 7 nitrogen and oxygen atoms in total. The number of sulfonamides is 1. The number of nitrogens with two attached hydrogens (primary N) is 1. The molecule has 8 heteroatoms. The number of nitrogens with one attached hydrogen (secondary N) is 1. The van der Waals surface area contributed by atoms with E-state index in [0.29, 0.717) is 19.1 Å². The van der Waals surface area contributed by atoms with Gasteiger partial charge in [0, 0.05) is 25.7 Å². The van der Waals surface area contributed by atoms with Crippen LogP contribution in [0.1, 0.15) is 12.8 Å². The fourth-order valence-corrected chi connectivity index (χ4v) is 4.29. The Kier molecular flexibility index (Phi) is 2.80. The molecule has 0 aliphatic carbocycles. The summed E-state index contributed by atoms with van der Waals surface area (Å²) in [5, 5.41) is 6.15. The van der Waals surface area contributed by atoms with E-state index < -0.39 is 10.0 Å². The number of H-pyrrole nitrogens is 1. The Labute approximate surface area is 106 Å². The Morgan fingerprint density at radius 1 is 1.39 bits per heavy atom. The lowest BCUT2D eigenvalue weighted by Gasteiger charge is -2.36. The third-order valence-corrected chi connectivity index (χ3v) is 5.69. The lowest BCUT2D eigenvalue weighted by Crippen LogP contribution is -2.51. The molecule has 0 bridgehead atoms. The highest BCUT2D eigenvalue weighted by molar-refractivity contribution is 7.89. The van der Waals surface area contributed by atoms with Crippen LogP contribution in [-0.2, 0) is 10.0 Å². The van der Waals surface area contributed by atoms with Gasteiger partial charge in [-0.3, -0.25) is 10.00 Å². The van der Waals surface area contributed by atoms with Gasteiger partial charge in [-0.2, -0.15) is 9.40 Å². The summed E-state index contributed by atoms with van der Waals surface area (Å²) < 4.78 is 26.4. The second kappa shape index (κ2) is 4.22. The van der Waals surface area contributed by atoms with Crippen LogP contribution in [-0.4, -0.2) is 60.0 Å². The number of nitrogens with zero attached hydrogens (tertiary/aromatic N) is 3. The minimum absolute atomic E-state index is 0.0916. The SMILES string of the molecule is Nc1[nH]ncc1S(=O)(=O)N1CCN2CCCC2C1. The van der Waals surface area contributed by atoms with E-state index in [1.54, 1.807) is 0 Å². The number of rotatable bonds is 2. The van der Waals surface area contributed by atoms with Crippen molar-refractivity contribution in [2.45, 2.75) is 23.8 Å². The van der Waals surface area contributed by atoms with Gasteiger partial charge in [0.2, 0.25) is 10.0 Å². The number of nitrogen functional groups attached to an aromatic ring is 1. The molecule has 100 valence electrons. The second-order valence-corrected chi connectivity index (χ2v) is 6.75. The summed E-state index contributed by atoms with van der Waals surface area (Å²) in [6.07, 6.45) is 3.52. The van der Waals surface area contributed by atoms with Gasteiger partial charge < -0.3 is 5.73 Å². The van der Waals surface area contributed by atoms with Crippen molar-refractivity contribution in [1.82, 2.24) is 19.4 Å². The standard InChI is InChI=1S/C10H17N5O2S/c11-10-9(6-12-13-10)18(16,17)15-5-4-14-3-1-2-8(14)7-15/h6,8H,1-5,7H2,(H3,11,12,13). The molecule has 3 heterocycles. The zero-order valence-electron chi connectivity index (χ0n) is 10.0. The Balaban J connectivity index is 1.85. The molecule has 2 aliphatic rings. The van der Waals surface area contributed by atoms with Crippen LogP contribution in [0.4, 0.5) is 5.82 Å². The maximum Gasteiger partial charge on any atom is 0.248 e. The van der Waals surface area contributed by atoms with Gasteiger partial charge in [-0.15, -0.1) is 0 Å². The fourth-order valence-electron chi connectivity index (χ4n) is 2.81. The third-order valence-electron chi connectivity index (χ3n) is 3.80. The molecule has 0 saturated carbocycles. The van der Waals surface area contributed by atoms with E-state index in [4.69, 9.17) is 5.73 Å². The maximum atomic E-state index is 12.4. The summed E-state index contributed by atoms with van der Waals surface area (Å²) in [6.45, 7) is 2.99. The summed E-state index contributed by atoms with van der Waals surface area (Å²) in [7, 11) is -3.50. The molecule has 1 atom stereocenters. The molecular weight excluding hydrogens is 254 g/mol. The lowest BCUT2D eigenvalue weighted by atomic mass is 10.2. The van der Waals surface area contributed by atoms with E-state index >= 15 is 0 Å². The van der Waals surface area contributed by atoms with E-state index in [2.05, 4.69) is 15.1 Å². The van der Waals surface area contributed by atoms with Crippen molar-refractivity contribution in [1.29, 1.82) is 0 Å². The Bertz CT molecular complexity index is 540. The smallest absolute Gasteiger partial charge is 0.248 e. The van der Waals surface area contributed by atoms with Gasteiger partial charge in [-0.05, 0) is 19.4 Å². The number of aromatic nitrogens is 2. The van der Waals surface area contributed by atoms with Crippen molar-refractivity contribution in [3.63, 3.8) is 0 Å². The Morgan fingerprint density at radius 2 is 2.22 bits per heavy atom. The molecule has 0 amide bonds. The highest BCUT2D eigenvalue weighted by Crippen LogP contribution is 2.26. The number of hydrogen-bond acceptors (Lipinski definition) is 5. The largest absolute Gasteiger partial charge is 0.383 e. The first-order valence-corrected chi connectivity index (χ1v) is 7.56. The highest BCUT2D eigenvalue weighted by Gasteiger charge is 2.37. The van der Waals surface area contributed by atoms with Crippen molar-refractivity contribution in [3.05, 3.63) is 6.20 Å². The monoisotopic (exact) mass is 271 g/mol. The number of aromatic amines is 1. The molecule has 3 N–H and O–H groups in total. The van der Waals surface area contributed by atoms with Gasteiger partial charge in [-0.25, -0.2) is 8.42 Å². The molecule has 1 unspecified atom stereocenters. The van der Waals surface area contributed by atoms with Crippen LogP contribution in [0.5, 0.6) is 0 Å². The van der Waals surface area contributed by atoms with E-state index in [0.717, 1.165) is 25.9 Å². The van der Waals surface area contributed by atoms with Gasteiger partial charge in [0.15, 0.2) is 0 Å². The molecule has 2 saturated heterocycles. The summed E-state index contributed by atoms with van der Waals surface area (Å²) >= 11 is 0. The van der Waals surface area contributed by atoms with Crippen LogP contribution < -0.4 is 5.73 Å². The van der Waals surface area contributed by atoms with Crippen molar-refractivity contribution >= 4 is 15.8 Å². The van der Waals surface area contributed by atoms with Crippen LogP contribution in [0.25, 0.3) is 0 Å². The average Bonchev–Trinajstić information content (AvgIpc) is 2.95. The number of fused-ring (bicyclic) bond motifs is 1. The van der Waals surface area contributed by atoms with E-state index in [9.17, 15) is 8.42 Å². The minimum atomic E-state index is -3.50. The van der Waals surface area contributed by atoms with Gasteiger partial charge in [0.25, 0.3) is 0 Å². The van der Waals surface area contributed by atoms with Crippen LogP contribution in [0, 0.1) is 0 Å². The topological polar surface area (TPSA) is 95.3 Å². The zero-order valence-corrected chi connectivity index (χ0v) is 10.9. The van der Waals surface area contributed by atoms with Crippen LogP contribution in [0.15, 0.2) is 11.1 Å². The number of piperazine rings is 1. The minimum Gasteiger partial charge on any atom is -0.383 e. The van der Waals surface area contributed by atoms with Crippen molar-refractivity contribution in [2.24, 2.45) is 0 Å². The van der Waals surface area contributed by atoms with Crippen molar-refractivity contribution in [2.75, 3.05) is 31.9 Å². The Morgan fingerprint density at radius 3 is 2.94 bits per heavy atom. The molecule has 0 spiro atoms. The molecule has 18 heavy (non-hydrogen) atoms. The predicted octanol–water partition coefficient (Wildman–Crippen LogP) is -0.539. The predicted molar refractivity (Wildman–Crippen MR) is 66.4 cm³/mol. The first-order chi connectivity index (χ1) is 8.59. The first kappa shape index (κ1) is 11.9. The van der Waals surface area contributed by atoms with E-state index in [1.807, 2.05) is 0 Å². The summed E-state index contributed by atoms with van der Waals surface area (Å²) in [5.74, 6) is 0.115. The van der Waals surface area contributed by atoms with Crippen LogP contribution >= 0.6 is 0 Å². The second-order valence-electron chi connectivity index (χ2n) is 4.84. The van der Waals surface area contributed by atoms with Gasteiger partial charge in [-0.1, -0.05) is 0 Å². The molecule has 0 aromatic carbocycles. The van der Waals surface area contributed by atoms with Crippen LogP contribution in [0.3, 0.4) is 0 Å². The highest BCUT2D eigenvalue weighted by atomic mass is 32.2. The molecule has 1 aromatic heterocycles. The van der Waals surface area contributed by atoms with Gasteiger partial charge in [0.05, 0.1) is 6.20 Å². The third kappa shape index (κ3) is 1.80. The molecule has 1 aromatic rings. The number of anilines is 1. The lowest BCUT2D eigenvalue weighted by molar-refractivity contribution is 0.158. The van der Waals surface area contributed by atoms with Gasteiger partial charge >= 0.3 is 0 Å². The average molecular weight is 271 g/mol. The molecular formula is C10H17N5O2S. The zero-order chi connectivity index (χ0) is 12.8. The normalized spacial score (nSPS) is 26.3. The van der Waals surface area contributed by atoms with E-state index in [-0.39, 0.29) is 10.7 Å². The van der Waals surface area contributed by atoms with E-state index in [1.165, 1.54) is 10.5 Å². The quantitative estimate of drug-likeness (QED) is 0.753. The molecule has 3 rings (SSSR count). The van der Waals surface area contributed by atoms with Gasteiger partial charge in [0.1, 0.15) is 10.7 Å². The van der Waals surface area contributed by atoms with Crippen LogP contribution in [0.2, 0.25) is 0 Å². The molecule has 2 aliphatic heterocycles.